The monoisotopic (exact) mass is 240 g/mol. The van der Waals surface area contributed by atoms with E-state index in [0.29, 0.717) is 6.04 Å². The van der Waals surface area contributed by atoms with Gasteiger partial charge in [0.15, 0.2) is 0 Å². The van der Waals surface area contributed by atoms with Crippen molar-refractivity contribution >= 4 is 5.91 Å². The van der Waals surface area contributed by atoms with Crippen molar-refractivity contribution in [1.29, 1.82) is 0 Å². The Bertz CT molecular complexity index is 256. The molecule has 2 rings (SSSR count). The van der Waals surface area contributed by atoms with Gasteiger partial charge in [0.25, 0.3) is 5.91 Å². The SMILES string of the molecule is CC(C)N(CC1CCCN1)C(=O)[C@H]1CCCO1. The smallest absolute Gasteiger partial charge is 0.251 e. The number of amides is 1. The number of nitrogens with one attached hydrogen (secondary N) is 1. The van der Waals surface area contributed by atoms with Crippen LogP contribution >= 0.6 is 0 Å². The van der Waals surface area contributed by atoms with Gasteiger partial charge in [0, 0.05) is 25.2 Å². The Hall–Kier alpha value is -0.610. The molecule has 0 aromatic rings. The first-order valence-electron chi connectivity index (χ1n) is 6.84. The van der Waals surface area contributed by atoms with Crippen LogP contribution in [0.3, 0.4) is 0 Å². The van der Waals surface area contributed by atoms with E-state index in [0.717, 1.165) is 32.5 Å². The van der Waals surface area contributed by atoms with Crippen LogP contribution in [0.5, 0.6) is 0 Å². The minimum atomic E-state index is -0.182. The van der Waals surface area contributed by atoms with Gasteiger partial charge in [-0.25, -0.2) is 0 Å². The minimum absolute atomic E-state index is 0.182. The molecule has 0 bridgehead atoms. The summed E-state index contributed by atoms with van der Waals surface area (Å²) in [6.07, 6.45) is 4.13. The molecule has 2 heterocycles. The molecule has 2 aliphatic heterocycles. The van der Waals surface area contributed by atoms with Gasteiger partial charge in [-0.15, -0.1) is 0 Å². The fraction of sp³-hybridized carbons (Fsp3) is 0.923. The third-order valence-electron chi connectivity index (χ3n) is 3.69. The van der Waals surface area contributed by atoms with Gasteiger partial charge in [-0.3, -0.25) is 4.79 Å². The van der Waals surface area contributed by atoms with Gasteiger partial charge in [-0.1, -0.05) is 0 Å². The predicted molar refractivity (Wildman–Crippen MR) is 66.8 cm³/mol. The number of carbonyl (C=O) groups excluding carboxylic acids is 1. The van der Waals surface area contributed by atoms with Crippen LogP contribution in [0.15, 0.2) is 0 Å². The standard InChI is InChI=1S/C13H24N2O2/c1-10(2)15(9-11-5-3-7-14-11)13(16)12-6-4-8-17-12/h10-12,14H,3-9H2,1-2H3/t11?,12-/m1/s1. The van der Waals surface area contributed by atoms with Gasteiger partial charge in [-0.2, -0.15) is 0 Å². The van der Waals surface area contributed by atoms with Gasteiger partial charge in [-0.05, 0) is 46.1 Å². The van der Waals surface area contributed by atoms with E-state index in [2.05, 4.69) is 19.2 Å². The molecule has 1 amide bonds. The quantitative estimate of drug-likeness (QED) is 0.801. The Morgan fingerprint density at radius 1 is 1.41 bits per heavy atom. The van der Waals surface area contributed by atoms with Crippen molar-refractivity contribution in [3.8, 4) is 0 Å². The minimum Gasteiger partial charge on any atom is -0.368 e. The summed E-state index contributed by atoms with van der Waals surface area (Å²) in [6.45, 7) is 6.83. The van der Waals surface area contributed by atoms with E-state index in [1.54, 1.807) is 0 Å². The third kappa shape index (κ3) is 3.19. The summed E-state index contributed by atoms with van der Waals surface area (Å²) < 4.78 is 5.50. The molecule has 2 saturated heterocycles. The van der Waals surface area contributed by atoms with Crippen LogP contribution in [-0.2, 0) is 9.53 Å². The summed E-state index contributed by atoms with van der Waals surface area (Å²) >= 11 is 0. The van der Waals surface area contributed by atoms with E-state index in [-0.39, 0.29) is 18.1 Å². The molecule has 98 valence electrons. The van der Waals surface area contributed by atoms with Gasteiger partial charge < -0.3 is 15.0 Å². The zero-order chi connectivity index (χ0) is 12.3. The second-order valence-electron chi connectivity index (χ2n) is 5.38. The van der Waals surface area contributed by atoms with Crippen molar-refractivity contribution in [2.45, 2.75) is 57.7 Å². The van der Waals surface area contributed by atoms with Crippen LogP contribution in [0.25, 0.3) is 0 Å². The largest absolute Gasteiger partial charge is 0.368 e. The number of hydrogen-bond donors (Lipinski definition) is 1. The number of rotatable bonds is 4. The highest BCUT2D eigenvalue weighted by atomic mass is 16.5. The van der Waals surface area contributed by atoms with Crippen molar-refractivity contribution in [3.63, 3.8) is 0 Å². The Morgan fingerprint density at radius 3 is 2.76 bits per heavy atom. The topological polar surface area (TPSA) is 41.6 Å². The molecule has 0 aromatic heterocycles. The van der Waals surface area contributed by atoms with Gasteiger partial charge in [0.2, 0.25) is 0 Å². The maximum absolute atomic E-state index is 12.3. The molecule has 17 heavy (non-hydrogen) atoms. The summed E-state index contributed by atoms with van der Waals surface area (Å²) in [4.78, 5) is 14.3. The van der Waals surface area contributed by atoms with Crippen molar-refractivity contribution in [2.75, 3.05) is 19.7 Å². The molecule has 1 N–H and O–H groups in total. The summed E-state index contributed by atoms with van der Waals surface area (Å²) in [5.41, 5.74) is 0. The van der Waals surface area contributed by atoms with Crippen LogP contribution in [0.1, 0.15) is 39.5 Å². The van der Waals surface area contributed by atoms with Crippen LogP contribution in [0.4, 0.5) is 0 Å². The number of carbonyl (C=O) groups is 1. The van der Waals surface area contributed by atoms with E-state index < -0.39 is 0 Å². The second-order valence-corrected chi connectivity index (χ2v) is 5.38. The van der Waals surface area contributed by atoms with Crippen molar-refractivity contribution in [2.24, 2.45) is 0 Å². The van der Waals surface area contributed by atoms with Crippen molar-refractivity contribution < 1.29 is 9.53 Å². The first-order valence-corrected chi connectivity index (χ1v) is 6.84. The molecular formula is C13H24N2O2. The van der Waals surface area contributed by atoms with E-state index in [4.69, 9.17) is 4.74 Å². The Labute approximate surface area is 104 Å². The summed E-state index contributed by atoms with van der Waals surface area (Å²) in [7, 11) is 0. The van der Waals surface area contributed by atoms with Crippen molar-refractivity contribution in [3.05, 3.63) is 0 Å². The lowest BCUT2D eigenvalue weighted by Crippen LogP contribution is -2.48. The Kier molecular flexibility index (Phi) is 4.40. The first-order chi connectivity index (χ1) is 8.18. The Morgan fingerprint density at radius 2 is 2.24 bits per heavy atom. The van der Waals surface area contributed by atoms with Crippen LogP contribution < -0.4 is 5.32 Å². The molecule has 2 aliphatic rings. The molecule has 4 nitrogen and oxygen atoms in total. The lowest BCUT2D eigenvalue weighted by molar-refractivity contribution is -0.143. The number of hydrogen-bond acceptors (Lipinski definition) is 3. The average Bonchev–Trinajstić information content (AvgIpc) is 2.97. The lowest BCUT2D eigenvalue weighted by Gasteiger charge is -2.31. The van der Waals surface area contributed by atoms with E-state index in [1.165, 1.54) is 12.8 Å². The fourth-order valence-electron chi connectivity index (χ4n) is 2.66. The second kappa shape index (κ2) is 5.83. The zero-order valence-electron chi connectivity index (χ0n) is 10.9. The van der Waals surface area contributed by atoms with Crippen LogP contribution in [-0.4, -0.2) is 48.7 Å². The average molecular weight is 240 g/mol. The fourth-order valence-corrected chi connectivity index (χ4v) is 2.66. The van der Waals surface area contributed by atoms with Gasteiger partial charge >= 0.3 is 0 Å². The number of nitrogens with zero attached hydrogens (tertiary/aromatic N) is 1. The summed E-state index contributed by atoms with van der Waals surface area (Å²) in [5.74, 6) is 0.186. The van der Waals surface area contributed by atoms with E-state index in [9.17, 15) is 4.79 Å². The van der Waals surface area contributed by atoms with E-state index >= 15 is 0 Å². The highest BCUT2D eigenvalue weighted by Gasteiger charge is 2.31. The normalized spacial score (nSPS) is 28.9. The maximum atomic E-state index is 12.3. The van der Waals surface area contributed by atoms with Crippen LogP contribution in [0.2, 0.25) is 0 Å². The summed E-state index contributed by atoms with van der Waals surface area (Å²) in [6, 6.07) is 0.733. The lowest BCUT2D eigenvalue weighted by atomic mass is 10.1. The Balaban J connectivity index is 1.92. The molecule has 1 unspecified atom stereocenters. The number of ether oxygens (including phenoxy) is 1. The molecule has 0 saturated carbocycles. The molecule has 0 spiro atoms. The highest BCUT2D eigenvalue weighted by Crippen LogP contribution is 2.17. The first kappa shape index (κ1) is 12.8. The molecule has 2 fully saturated rings. The van der Waals surface area contributed by atoms with Gasteiger partial charge in [0.05, 0.1) is 0 Å². The molecule has 0 aliphatic carbocycles. The van der Waals surface area contributed by atoms with Crippen molar-refractivity contribution in [1.82, 2.24) is 10.2 Å². The molecule has 0 radical (unpaired) electrons. The summed E-state index contributed by atoms with van der Waals surface area (Å²) in [5, 5.41) is 3.45. The van der Waals surface area contributed by atoms with Gasteiger partial charge in [0.1, 0.15) is 6.10 Å². The van der Waals surface area contributed by atoms with Crippen LogP contribution in [0, 0.1) is 0 Å². The zero-order valence-corrected chi connectivity index (χ0v) is 10.9. The molecular weight excluding hydrogens is 216 g/mol. The maximum Gasteiger partial charge on any atom is 0.251 e. The molecule has 0 aromatic carbocycles. The molecule has 4 heteroatoms. The molecule has 2 atom stereocenters. The van der Waals surface area contributed by atoms with E-state index in [1.807, 2.05) is 4.90 Å². The third-order valence-corrected chi connectivity index (χ3v) is 3.69. The highest BCUT2D eigenvalue weighted by molar-refractivity contribution is 5.81. The predicted octanol–water partition coefficient (Wildman–Crippen LogP) is 1.15.